The van der Waals surface area contributed by atoms with Crippen LogP contribution < -0.4 is 20.7 Å². The molecule has 3 fully saturated rings. The molecule has 2 aliphatic carbocycles. The third-order valence-electron chi connectivity index (χ3n) is 11.3. The van der Waals surface area contributed by atoms with Gasteiger partial charge in [0.1, 0.15) is 35.5 Å². The van der Waals surface area contributed by atoms with Crippen molar-refractivity contribution < 1.29 is 38.1 Å². The van der Waals surface area contributed by atoms with Gasteiger partial charge in [0.15, 0.2) is 0 Å². The van der Waals surface area contributed by atoms with E-state index in [4.69, 9.17) is 14.2 Å². The zero-order valence-corrected chi connectivity index (χ0v) is 31.0. The van der Waals surface area contributed by atoms with Crippen LogP contribution in [0.3, 0.4) is 0 Å². The summed E-state index contributed by atoms with van der Waals surface area (Å²) in [5.41, 5.74) is 1.09. The molecule has 4 N–H and O–H groups in total. The Hall–Kier alpha value is -4.53. The van der Waals surface area contributed by atoms with E-state index >= 15 is 4.39 Å². The van der Waals surface area contributed by atoms with Crippen LogP contribution in [0.5, 0.6) is 5.75 Å². The van der Waals surface area contributed by atoms with Crippen LogP contribution in [0.1, 0.15) is 79.5 Å². The van der Waals surface area contributed by atoms with Crippen LogP contribution in [-0.2, 0) is 27.4 Å². The number of carbonyl (C=O) groups is 3. The average Bonchev–Trinajstić information content (AvgIpc) is 4.13. The van der Waals surface area contributed by atoms with Gasteiger partial charge in [-0.2, -0.15) is 5.10 Å². The number of aliphatic hydroxyl groups excluding tert-OH is 1. The fourth-order valence-electron chi connectivity index (χ4n) is 8.14. The van der Waals surface area contributed by atoms with Crippen molar-refractivity contribution in [2.75, 3.05) is 38.7 Å². The number of hydrogen-bond acceptors (Lipinski definition) is 9. The molecule has 290 valence electrons. The van der Waals surface area contributed by atoms with Gasteiger partial charge in [0.05, 0.1) is 18.4 Å². The molecule has 0 bridgehead atoms. The number of hydrogen-bond donors (Lipinski definition) is 4. The van der Waals surface area contributed by atoms with Crippen LogP contribution in [-0.4, -0.2) is 88.8 Å². The Kier molecular flexibility index (Phi) is 11.5. The lowest BCUT2D eigenvalue weighted by atomic mass is 9.80. The highest BCUT2D eigenvalue weighted by Crippen LogP contribution is 2.51. The number of anilines is 1. The normalized spacial score (nSPS) is 20.2. The van der Waals surface area contributed by atoms with Crippen LogP contribution in [0.15, 0.2) is 54.7 Å². The molecule has 1 spiro atoms. The number of fused-ring (bicyclic) bond motifs is 1. The van der Waals surface area contributed by atoms with E-state index in [-0.39, 0.29) is 37.4 Å². The summed E-state index contributed by atoms with van der Waals surface area (Å²) in [7, 11) is 1.51. The summed E-state index contributed by atoms with van der Waals surface area (Å²) in [6.45, 7) is 3.70. The van der Waals surface area contributed by atoms with Crippen LogP contribution in [0.25, 0.3) is 0 Å². The second-order valence-electron chi connectivity index (χ2n) is 15.2. The topological polar surface area (TPSA) is 156 Å². The Balaban J connectivity index is 1.10. The number of aliphatic hydroxyl groups is 1. The molecule has 2 aliphatic heterocycles. The predicted molar refractivity (Wildman–Crippen MR) is 197 cm³/mol. The molecule has 3 aromatic rings. The third-order valence-corrected chi connectivity index (χ3v) is 11.3. The Morgan fingerprint density at radius 2 is 1.80 bits per heavy atom. The molecule has 0 radical (unpaired) electrons. The van der Waals surface area contributed by atoms with Crippen LogP contribution >= 0.6 is 0 Å². The first kappa shape index (κ1) is 37.8. The molecule has 1 unspecified atom stereocenters. The number of halogens is 1. The molecule has 2 aromatic carbocycles. The number of nitrogens with zero attached hydrogens (tertiary/aromatic N) is 3. The van der Waals surface area contributed by atoms with Gasteiger partial charge in [-0.1, -0.05) is 30.3 Å². The van der Waals surface area contributed by atoms with E-state index in [1.54, 1.807) is 21.8 Å². The molecule has 13 nitrogen and oxygen atoms in total. The first-order valence-electron chi connectivity index (χ1n) is 19.2. The van der Waals surface area contributed by atoms with Crippen molar-refractivity contribution in [3.8, 4) is 5.75 Å². The smallest absolute Gasteiger partial charge is 0.410 e. The zero-order chi connectivity index (χ0) is 37.8. The van der Waals surface area contributed by atoms with Gasteiger partial charge < -0.3 is 40.2 Å². The molecule has 7 rings (SSSR count). The molecule has 2 saturated carbocycles. The lowest BCUT2D eigenvalue weighted by Crippen LogP contribution is -2.53. The minimum atomic E-state index is -0.858. The Morgan fingerprint density at radius 3 is 2.46 bits per heavy atom. The molecule has 14 heteroatoms. The van der Waals surface area contributed by atoms with Crippen molar-refractivity contribution >= 4 is 23.6 Å². The number of benzene rings is 2. The molecule has 3 heterocycles. The van der Waals surface area contributed by atoms with Crippen molar-refractivity contribution in [3.05, 3.63) is 77.4 Å². The van der Waals surface area contributed by atoms with E-state index in [9.17, 15) is 19.5 Å². The van der Waals surface area contributed by atoms with E-state index in [1.165, 1.54) is 19.2 Å². The highest BCUT2D eigenvalue weighted by Gasteiger charge is 2.49. The number of carbonyl (C=O) groups excluding carboxylic acids is 3. The minimum absolute atomic E-state index is 0.0425. The fraction of sp³-hybridized carbons (Fsp3) is 0.550. The molecule has 54 heavy (non-hydrogen) atoms. The van der Waals surface area contributed by atoms with Gasteiger partial charge in [0.2, 0.25) is 5.91 Å². The minimum Gasteiger partial charge on any atom is -0.487 e. The van der Waals surface area contributed by atoms with Gasteiger partial charge in [-0.25, -0.2) is 9.18 Å². The second kappa shape index (κ2) is 16.5. The fourth-order valence-corrected chi connectivity index (χ4v) is 8.14. The number of nitrogens with one attached hydrogen (secondary N) is 3. The highest BCUT2D eigenvalue weighted by molar-refractivity contribution is 6.01. The summed E-state index contributed by atoms with van der Waals surface area (Å²) in [6.07, 6.45) is 5.82. The van der Waals surface area contributed by atoms with Gasteiger partial charge in [0, 0.05) is 76.4 Å². The van der Waals surface area contributed by atoms with Gasteiger partial charge in [0.25, 0.3) is 5.91 Å². The van der Waals surface area contributed by atoms with Crippen LogP contribution in [0, 0.1) is 23.6 Å². The quantitative estimate of drug-likeness (QED) is 0.172. The van der Waals surface area contributed by atoms with Crippen LogP contribution in [0.4, 0.5) is 14.9 Å². The maximum absolute atomic E-state index is 16.1. The summed E-state index contributed by atoms with van der Waals surface area (Å²) in [5.74, 6) is -0.499. The number of amides is 3. The predicted octanol–water partition coefficient (Wildman–Crippen LogP) is 4.81. The van der Waals surface area contributed by atoms with Crippen molar-refractivity contribution in [1.82, 2.24) is 25.3 Å². The van der Waals surface area contributed by atoms with Gasteiger partial charge >= 0.3 is 6.09 Å². The van der Waals surface area contributed by atoms with Crippen molar-refractivity contribution in [1.29, 1.82) is 0 Å². The van der Waals surface area contributed by atoms with Crippen molar-refractivity contribution in [3.63, 3.8) is 0 Å². The number of methoxy groups -OCH3 is 1. The molecule has 1 saturated heterocycles. The van der Waals surface area contributed by atoms with Crippen molar-refractivity contribution in [2.45, 2.75) is 88.8 Å². The van der Waals surface area contributed by atoms with Crippen molar-refractivity contribution in [2.24, 2.45) is 17.8 Å². The standard InChI is InChI=1S/C40H51FN6O7/c1-3-47-33(13-16-43-47)37(49)45-36(35(26-9-10-26)27-11-12-27)38(50)44-31-20-34-29(19-30(31)41)32(42-22-28(48)24-52-2)21-40(54-34)14-17-46(18-15-40)39(51)53-23-25-7-5-4-6-8-25/h4-8,13,16,19-20,26-28,32,35-36,42,48H,3,9-12,14-15,17-18,21-24H2,1-2H3,(H,44,50)(H,45,49)/t28-,32?,36-/m0/s1. The SMILES string of the molecule is CCn1nccc1C(=O)N[C@H](C(=O)Nc1cc2c(cc1F)C(NC[C@H](O)COC)CC1(CCN(C(=O)OCc3ccccc3)CC1)O2)C(C1CC1)C1CC1. The Morgan fingerprint density at radius 1 is 1.07 bits per heavy atom. The second-order valence-corrected chi connectivity index (χ2v) is 15.2. The lowest BCUT2D eigenvalue weighted by Gasteiger charge is -2.47. The number of aromatic nitrogens is 2. The first-order valence-corrected chi connectivity index (χ1v) is 19.2. The zero-order valence-electron chi connectivity index (χ0n) is 31.0. The summed E-state index contributed by atoms with van der Waals surface area (Å²) < 4.78 is 35.1. The van der Waals surface area contributed by atoms with E-state index < -0.39 is 41.5 Å². The van der Waals surface area contributed by atoms with Gasteiger partial charge in [-0.15, -0.1) is 0 Å². The summed E-state index contributed by atoms with van der Waals surface area (Å²) in [6, 6.07) is 12.8. The van der Waals surface area contributed by atoms with Gasteiger partial charge in [-0.3, -0.25) is 14.3 Å². The van der Waals surface area contributed by atoms with E-state index in [2.05, 4.69) is 21.0 Å². The summed E-state index contributed by atoms with van der Waals surface area (Å²) in [5, 5.41) is 23.9. The highest BCUT2D eigenvalue weighted by atomic mass is 19.1. The Labute approximate surface area is 314 Å². The van der Waals surface area contributed by atoms with E-state index in [1.807, 2.05) is 37.3 Å². The summed E-state index contributed by atoms with van der Waals surface area (Å²) >= 11 is 0. The van der Waals surface area contributed by atoms with E-state index in [0.29, 0.717) is 67.7 Å². The first-order chi connectivity index (χ1) is 26.2. The van der Waals surface area contributed by atoms with Crippen LogP contribution in [0.2, 0.25) is 0 Å². The molecule has 3 amide bonds. The molecular weight excluding hydrogens is 695 g/mol. The number of ether oxygens (including phenoxy) is 3. The molecule has 1 aromatic heterocycles. The van der Waals surface area contributed by atoms with Gasteiger partial charge in [-0.05, 0) is 68.1 Å². The third kappa shape index (κ3) is 8.71. The number of likely N-dealkylation sites (tertiary alicyclic amines) is 1. The number of piperidine rings is 1. The maximum atomic E-state index is 16.1. The number of rotatable bonds is 15. The summed E-state index contributed by atoms with van der Waals surface area (Å²) in [4.78, 5) is 42.4. The monoisotopic (exact) mass is 746 g/mol. The molecule has 3 atom stereocenters. The van der Waals surface area contributed by atoms with E-state index in [0.717, 1.165) is 31.2 Å². The molecule has 4 aliphatic rings. The lowest BCUT2D eigenvalue weighted by molar-refractivity contribution is -0.119. The molecular formula is C40H51FN6O7. The Bertz CT molecular complexity index is 1780. The number of aryl methyl sites for hydroxylation is 1. The average molecular weight is 747 g/mol. The maximum Gasteiger partial charge on any atom is 0.410 e. The largest absolute Gasteiger partial charge is 0.487 e.